The molecule has 0 spiro atoms. The first-order chi connectivity index (χ1) is 12.3. The third kappa shape index (κ3) is 4.52. The van der Waals surface area contributed by atoms with Gasteiger partial charge < -0.3 is 18.9 Å². The minimum atomic E-state index is 0.0167. The van der Waals surface area contributed by atoms with E-state index >= 15 is 0 Å². The Balaban J connectivity index is 2.00. The summed E-state index contributed by atoms with van der Waals surface area (Å²) in [6.45, 7) is 16.4. The van der Waals surface area contributed by atoms with Gasteiger partial charge in [-0.05, 0) is 35.8 Å². The fourth-order valence-electron chi connectivity index (χ4n) is 2.93. The maximum atomic E-state index is 6.22. The lowest BCUT2D eigenvalue weighted by Crippen LogP contribution is -2.22. The number of rotatable bonds is 10. The topological polar surface area (TPSA) is 43.5 Å². The summed E-state index contributed by atoms with van der Waals surface area (Å²) in [6.07, 6.45) is 2.56. The van der Waals surface area contributed by atoms with Crippen LogP contribution in [0.25, 0.3) is 0 Å². The molecule has 0 N–H and O–H groups in total. The van der Waals surface area contributed by atoms with Gasteiger partial charge in [0.25, 0.3) is 0 Å². The van der Waals surface area contributed by atoms with Gasteiger partial charge in [-0.2, -0.15) is 0 Å². The lowest BCUT2D eigenvalue weighted by atomic mass is 9.77. The van der Waals surface area contributed by atoms with Crippen molar-refractivity contribution in [3.8, 4) is 11.5 Å². The van der Waals surface area contributed by atoms with E-state index in [1.807, 2.05) is 0 Å². The minimum Gasteiger partial charge on any atom is -0.490 e. The molecule has 2 saturated heterocycles. The standard InChI is InChI=1S/C22H34O4/c1-7-21(3,4)17-9-20(26-14-16-12-24-16)18(22(5,6)8-2)10-19(17)25-13-15-11-23-15/h9-10,15-16H,7-8,11-14H2,1-6H3. The van der Waals surface area contributed by atoms with E-state index in [2.05, 4.69) is 53.7 Å². The summed E-state index contributed by atoms with van der Waals surface area (Å²) in [6, 6.07) is 4.42. The second-order valence-corrected chi connectivity index (χ2v) is 8.85. The fraction of sp³-hybridized carbons (Fsp3) is 0.727. The van der Waals surface area contributed by atoms with E-state index in [-0.39, 0.29) is 23.0 Å². The van der Waals surface area contributed by atoms with E-state index in [1.165, 1.54) is 11.1 Å². The summed E-state index contributed by atoms with van der Waals surface area (Å²) in [5.74, 6) is 1.94. The van der Waals surface area contributed by atoms with Crippen molar-refractivity contribution in [3.05, 3.63) is 23.3 Å². The van der Waals surface area contributed by atoms with Crippen molar-refractivity contribution in [2.75, 3.05) is 26.4 Å². The number of hydrogen-bond acceptors (Lipinski definition) is 4. The van der Waals surface area contributed by atoms with Gasteiger partial charge in [-0.25, -0.2) is 0 Å². The van der Waals surface area contributed by atoms with Crippen molar-refractivity contribution in [2.45, 2.75) is 77.4 Å². The smallest absolute Gasteiger partial charge is 0.123 e. The number of epoxide rings is 2. The van der Waals surface area contributed by atoms with Gasteiger partial charge in [-0.1, -0.05) is 41.5 Å². The summed E-state index contributed by atoms with van der Waals surface area (Å²) >= 11 is 0. The molecular weight excluding hydrogens is 328 g/mol. The highest BCUT2D eigenvalue weighted by Crippen LogP contribution is 2.44. The number of hydrogen-bond donors (Lipinski definition) is 0. The Labute approximate surface area is 158 Å². The van der Waals surface area contributed by atoms with Crippen LogP contribution < -0.4 is 9.47 Å². The summed E-state index contributed by atoms with van der Waals surface area (Å²) in [5.41, 5.74) is 2.46. The Morgan fingerprint density at radius 2 is 1.15 bits per heavy atom. The molecule has 146 valence electrons. The predicted octanol–water partition coefficient (Wildman–Crippen LogP) is 4.62. The zero-order valence-corrected chi connectivity index (χ0v) is 17.2. The molecule has 2 heterocycles. The van der Waals surface area contributed by atoms with Gasteiger partial charge in [0.2, 0.25) is 0 Å². The summed E-state index contributed by atoms with van der Waals surface area (Å²) in [5, 5.41) is 0. The van der Waals surface area contributed by atoms with Gasteiger partial charge in [-0.15, -0.1) is 0 Å². The van der Waals surface area contributed by atoms with Crippen molar-refractivity contribution in [1.29, 1.82) is 0 Å². The van der Waals surface area contributed by atoms with Crippen LogP contribution in [0.15, 0.2) is 12.1 Å². The first-order valence-corrected chi connectivity index (χ1v) is 9.94. The lowest BCUT2D eigenvalue weighted by Gasteiger charge is -2.31. The Morgan fingerprint density at radius 3 is 1.42 bits per heavy atom. The maximum absolute atomic E-state index is 6.22. The molecule has 0 amide bonds. The summed E-state index contributed by atoms with van der Waals surface area (Å²) in [4.78, 5) is 0. The van der Waals surface area contributed by atoms with E-state index in [4.69, 9.17) is 18.9 Å². The Morgan fingerprint density at radius 1 is 0.808 bits per heavy atom. The van der Waals surface area contributed by atoms with Crippen LogP contribution in [0.1, 0.15) is 65.5 Å². The zero-order valence-electron chi connectivity index (χ0n) is 17.2. The second-order valence-electron chi connectivity index (χ2n) is 8.85. The molecule has 2 fully saturated rings. The van der Waals surface area contributed by atoms with Crippen molar-refractivity contribution >= 4 is 0 Å². The van der Waals surface area contributed by atoms with Gasteiger partial charge >= 0.3 is 0 Å². The van der Waals surface area contributed by atoms with Gasteiger partial charge in [-0.3, -0.25) is 0 Å². The quantitative estimate of drug-likeness (QED) is 0.570. The molecule has 2 atom stereocenters. The highest BCUT2D eigenvalue weighted by atomic mass is 16.6. The lowest BCUT2D eigenvalue weighted by molar-refractivity contribution is 0.247. The highest BCUT2D eigenvalue weighted by molar-refractivity contribution is 5.52. The van der Waals surface area contributed by atoms with Crippen molar-refractivity contribution in [3.63, 3.8) is 0 Å². The molecule has 26 heavy (non-hydrogen) atoms. The molecule has 2 aliphatic rings. The van der Waals surface area contributed by atoms with E-state index in [1.54, 1.807) is 0 Å². The van der Waals surface area contributed by atoms with Crippen LogP contribution in [0, 0.1) is 0 Å². The third-order valence-corrected chi connectivity index (χ3v) is 5.96. The van der Waals surface area contributed by atoms with Crippen LogP contribution in [-0.4, -0.2) is 38.6 Å². The second kappa shape index (κ2) is 7.40. The number of ether oxygens (including phenoxy) is 4. The Bertz CT molecular complexity index is 572. The van der Waals surface area contributed by atoms with Crippen LogP contribution in [0.2, 0.25) is 0 Å². The molecule has 1 aromatic rings. The Kier molecular flexibility index (Phi) is 5.55. The monoisotopic (exact) mass is 362 g/mol. The average Bonchev–Trinajstić information content (AvgIpc) is 3.52. The van der Waals surface area contributed by atoms with Crippen molar-refractivity contribution in [1.82, 2.24) is 0 Å². The zero-order chi connectivity index (χ0) is 18.9. The molecule has 1 aromatic carbocycles. The molecule has 4 nitrogen and oxygen atoms in total. The molecule has 0 aliphatic carbocycles. The predicted molar refractivity (Wildman–Crippen MR) is 104 cm³/mol. The van der Waals surface area contributed by atoms with Crippen LogP contribution in [-0.2, 0) is 20.3 Å². The average molecular weight is 363 g/mol. The van der Waals surface area contributed by atoms with Crippen molar-refractivity contribution < 1.29 is 18.9 Å². The summed E-state index contributed by atoms with van der Waals surface area (Å²) in [7, 11) is 0. The van der Waals surface area contributed by atoms with E-state index in [0.29, 0.717) is 13.2 Å². The largest absolute Gasteiger partial charge is 0.490 e. The molecule has 4 heteroatoms. The van der Waals surface area contributed by atoms with Gasteiger partial charge in [0, 0.05) is 11.1 Å². The van der Waals surface area contributed by atoms with E-state index in [9.17, 15) is 0 Å². The van der Waals surface area contributed by atoms with Crippen molar-refractivity contribution in [2.24, 2.45) is 0 Å². The van der Waals surface area contributed by atoms with Gasteiger partial charge in [0.15, 0.2) is 0 Å². The summed E-state index contributed by atoms with van der Waals surface area (Å²) < 4.78 is 23.1. The van der Waals surface area contributed by atoms with Gasteiger partial charge in [0.1, 0.15) is 36.9 Å². The van der Waals surface area contributed by atoms with E-state index in [0.717, 1.165) is 37.6 Å². The Hall–Kier alpha value is -1.26. The maximum Gasteiger partial charge on any atom is 0.123 e. The molecule has 0 saturated carbocycles. The van der Waals surface area contributed by atoms with E-state index < -0.39 is 0 Å². The fourth-order valence-corrected chi connectivity index (χ4v) is 2.93. The highest BCUT2D eigenvalue weighted by Gasteiger charge is 2.32. The molecule has 2 aliphatic heterocycles. The van der Waals surface area contributed by atoms with Crippen LogP contribution in [0.5, 0.6) is 11.5 Å². The first-order valence-electron chi connectivity index (χ1n) is 9.94. The molecular formula is C22H34O4. The van der Waals surface area contributed by atoms with Crippen LogP contribution in [0.3, 0.4) is 0 Å². The minimum absolute atomic E-state index is 0.0167. The molecule has 0 bridgehead atoms. The SMILES string of the molecule is CCC(C)(C)c1cc(OCC2CO2)c(C(C)(C)CC)cc1OCC1CO1. The normalized spacial score (nSPS) is 22.2. The number of benzene rings is 1. The molecule has 3 rings (SSSR count). The third-order valence-electron chi connectivity index (χ3n) is 5.96. The molecule has 2 unspecified atom stereocenters. The van der Waals surface area contributed by atoms with Crippen LogP contribution in [0.4, 0.5) is 0 Å². The molecule has 0 radical (unpaired) electrons. The molecule has 0 aromatic heterocycles. The first kappa shape index (κ1) is 19.5. The van der Waals surface area contributed by atoms with Gasteiger partial charge in [0.05, 0.1) is 13.2 Å². The van der Waals surface area contributed by atoms with Crippen LogP contribution >= 0.6 is 0 Å².